The van der Waals surface area contributed by atoms with Crippen molar-refractivity contribution in [2.45, 2.75) is 26.2 Å². The van der Waals surface area contributed by atoms with Crippen molar-refractivity contribution < 1.29 is 17.7 Å². The molecule has 4 nitrogen and oxygen atoms in total. The molecule has 0 aromatic heterocycles. The van der Waals surface area contributed by atoms with E-state index in [1.165, 1.54) is 0 Å². The van der Waals surface area contributed by atoms with Gasteiger partial charge in [0.1, 0.15) is 0 Å². The molecule has 0 atom stereocenters. The van der Waals surface area contributed by atoms with E-state index < -0.39 is 17.1 Å². The lowest BCUT2D eigenvalue weighted by atomic mass is 11.8. The van der Waals surface area contributed by atoms with Gasteiger partial charge in [0, 0.05) is 28.4 Å². The summed E-state index contributed by atoms with van der Waals surface area (Å²) in [5.74, 6) is 0. The van der Waals surface area contributed by atoms with Crippen molar-refractivity contribution in [1.29, 1.82) is 0 Å². The van der Waals surface area contributed by atoms with E-state index in [-0.39, 0.29) is 11.0 Å². The van der Waals surface area contributed by atoms with Crippen LogP contribution in [-0.4, -0.2) is 56.5 Å². The molecule has 0 aliphatic rings. The van der Waals surface area contributed by atoms with E-state index in [0.29, 0.717) is 0 Å². The highest BCUT2D eigenvalue weighted by atomic mass is 28.4. The smallest absolute Gasteiger partial charge is 0.331 e. The van der Waals surface area contributed by atoms with Crippen LogP contribution < -0.4 is 0 Å². The molecule has 0 aliphatic carbocycles. The summed E-state index contributed by atoms with van der Waals surface area (Å²) in [6.07, 6.45) is 0. The molecule has 0 rings (SSSR count). The van der Waals surface area contributed by atoms with Gasteiger partial charge in [-0.15, -0.1) is 0 Å². The zero-order valence-corrected chi connectivity index (χ0v) is 12.6. The lowest BCUT2D eigenvalue weighted by Gasteiger charge is -2.15. The summed E-state index contributed by atoms with van der Waals surface area (Å²) in [6, 6.07) is 0. The molecule has 0 radical (unpaired) electrons. The summed E-state index contributed by atoms with van der Waals surface area (Å²) in [7, 11) is 3.40. The van der Waals surface area contributed by atoms with E-state index in [1.807, 2.05) is 26.2 Å². The Morgan fingerprint density at radius 2 is 0.667 bits per heavy atom. The van der Waals surface area contributed by atoms with Crippen LogP contribution in [0.3, 0.4) is 0 Å². The van der Waals surface area contributed by atoms with Crippen molar-refractivity contribution >= 4 is 28.1 Å². The third-order valence-electron chi connectivity index (χ3n) is 1.97. The fourth-order valence-electron chi connectivity index (χ4n) is 0.167. The third-order valence-corrected chi connectivity index (χ3v) is 5.90. The minimum Gasteiger partial charge on any atom is -0.398 e. The summed E-state index contributed by atoms with van der Waals surface area (Å²) in [6.45, 7) is 7.97. The number of rotatable bonds is 4. The van der Waals surface area contributed by atoms with E-state index in [1.54, 1.807) is 28.4 Å². The van der Waals surface area contributed by atoms with Gasteiger partial charge in [0.25, 0.3) is 0 Å². The minimum atomic E-state index is -1.65. The summed E-state index contributed by atoms with van der Waals surface area (Å²) in [5, 5.41) is 0. The average molecular weight is 273 g/mol. The van der Waals surface area contributed by atoms with Crippen LogP contribution in [0.15, 0.2) is 0 Å². The Kier molecular flexibility index (Phi) is 13.5. The maximum atomic E-state index is 5.00. The van der Waals surface area contributed by atoms with Crippen molar-refractivity contribution in [3.05, 3.63) is 0 Å². The van der Waals surface area contributed by atoms with E-state index in [4.69, 9.17) is 17.7 Å². The Morgan fingerprint density at radius 1 is 0.533 bits per heavy atom. The molecule has 0 fully saturated rings. The maximum absolute atomic E-state index is 5.00. The zero-order valence-electron chi connectivity index (χ0n) is 10.6. The number of hydrogen-bond acceptors (Lipinski definition) is 4. The van der Waals surface area contributed by atoms with Crippen molar-refractivity contribution in [3.8, 4) is 0 Å². The monoisotopic (exact) mass is 272 g/mol. The minimum absolute atomic E-state index is 0. The number of hydrogen-bond donors (Lipinski definition) is 0. The molecule has 0 bridgehead atoms. The first kappa shape index (κ1) is 20.8. The molecular formula is C8H28O4Si3. The predicted molar refractivity (Wildman–Crippen MR) is 74.3 cm³/mol. The van der Waals surface area contributed by atoms with Crippen LogP contribution in [0.5, 0.6) is 0 Å². The molecule has 0 amide bonds. The highest BCUT2D eigenvalue weighted by Crippen LogP contribution is 2.00. The standard InChI is InChI=1S/2C4H12O2Si.H4Si/c2*1-5-7(3,4)6-2;/h2*1-4H3;1H4. The highest BCUT2D eigenvalue weighted by Gasteiger charge is 2.19. The van der Waals surface area contributed by atoms with Crippen molar-refractivity contribution in [2.24, 2.45) is 0 Å². The fraction of sp³-hybridized carbons (Fsp3) is 1.00. The van der Waals surface area contributed by atoms with E-state index in [2.05, 4.69) is 0 Å². The average Bonchev–Trinajstić information content (AvgIpc) is 2.19. The molecule has 0 aromatic rings. The van der Waals surface area contributed by atoms with E-state index in [9.17, 15) is 0 Å². The van der Waals surface area contributed by atoms with E-state index >= 15 is 0 Å². The lowest BCUT2D eigenvalue weighted by Crippen LogP contribution is -2.31. The molecule has 0 heterocycles. The molecule has 0 saturated carbocycles. The zero-order chi connectivity index (χ0) is 11.8. The van der Waals surface area contributed by atoms with Crippen LogP contribution in [0.2, 0.25) is 26.2 Å². The predicted octanol–water partition coefficient (Wildman–Crippen LogP) is 0.510. The van der Waals surface area contributed by atoms with Crippen LogP contribution in [0.25, 0.3) is 0 Å². The SMILES string of the molecule is CO[Si](C)(C)OC.CO[Si](C)(C)OC.[SiH4]. The molecule has 0 aliphatic heterocycles. The summed E-state index contributed by atoms with van der Waals surface area (Å²) in [4.78, 5) is 0. The normalized spacial score (nSPS) is 11.2. The van der Waals surface area contributed by atoms with Crippen molar-refractivity contribution in [3.63, 3.8) is 0 Å². The van der Waals surface area contributed by atoms with Gasteiger partial charge < -0.3 is 17.7 Å². The Balaban J connectivity index is -0.000000180. The quantitative estimate of drug-likeness (QED) is 0.699. The van der Waals surface area contributed by atoms with Crippen molar-refractivity contribution in [2.75, 3.05) is 28.4 Å². The van der Waals surface area contributed by atoms with E-state index in [0.717, 1.165) is 0 Å². The Bertz CT molecular complexity index is 114. The van der Waals surface area contributed by atoms with Gasteiger partial charge >= 0.3 is 17.1 Å². The van der Waals surface area contributed by atoms with Gasteiger partial charge in [-0.25, -0.2) is 0 Å². The van der Waals surface area contributed by atoms with Crippen LogP contribution in [0.1, 0.15) is 0 Å². The van der Waals surface area contributed by atoms with Crippen LogP contribution in [-0.2, 0) is 17.7 Å². The Morgan fingerprint density at radius 3 is 0.667 bits per heavy atom. The van der Waals surface area contributed by atoms with Gasteiger partial charge in [0.05, 0.1) is 0 Å². The summed E-state index contributed by atoms with van der Waals surface area (Å²) < 4.78 is 20.0. The Hall–Kier alpha value is 0.491. The second-order valence-electron chi connectivity index (χ2n) is 3.62. The maximum Gasteiger partial charge on any atom is 0.331 e. The van der Waals surface area contributed by atoms with Gasteiger partial charge in [0.15, 0.2) is 0 Å². The van der Waals surface area contributed by atoms with Gasteiger partial charge in [-0.2, -0.15) is 0 Å². The molecule has 0 N–H and O–H groups in total. The largest absolute Gasteiger partial charge is 0.398 e. The van der Waals surface area contributed by atoms with Gasteiger partial charge in [0.2, 0.25) is 0 Å². The van der Waals surface area contributed by atoms with Crippen molar-refractivity contribution in [1.82, 2.24) is 0 Å². The molecule has 7 heteroatoms. The molecule has 0 aromatic carbocycles. The second-order valence-corrected chi connectivity index (χ2v) is 10.8. The van der Waals surface area contributed by atoms with Gasteiger partial charge in [-0.3, -0.25) is 0 Å². The highest BCUT2D eigenvalue weighted by molar-refractivity contribution is 6.64. The molecule has 96 valence electrons. The molecule has 15 heavy (non-hydrogen) atoms. The fourth-order valence-corrected chi connectivity index (χ4v) is 0.500. The molecular weight excluding hydrogens is 244 g/mol. The van der Waals surface area contributed by atoms with Crippen LogP contribution in [0, 0.1) is 0 Å². The first-order chi connectivity index (χ1) is 6.24. The lowest BCUT2D eigenvalue weighted by molar-refractivity contribution is 0.257. The summed E-state index contributed by atoms with van der Waals surface area (Å²) >= 11 is 0. The second kappa shape index (κ2) is 9.70. The summed E-state index contributed by atoms with van der Waals surface area (Å²) in [5.41, 5.74) is 0. The van der Waals surface area contributed by atoms with Crippen LogP contribution >= 0.6 is 0 Å². The molecule has 0 saturated heterocycles. The van der Waals surface area contributed by atoms with Gasteiger partial charge in [-0.1, -0.05) is 0 Å². The molecule has 0 unspecified atom stereocenters. The Labute approximate surface area is 101 Å². The topological polar surface area (TPSA) is 36.9 Å². The molecule has 0 spiro atoms. The third kappa shape index (κ3) is 14.5. The first-order valence-corrected chi connectivity index (χ1v) is 10.1. The first-order valence-electron chi connectivity index (χ1n) is 4.45. The van der Waals surface area contributed by atoms with Gasteiger partial charge in [-0.05, 0) is 37.2 Å². The van der Waals surface area contributed by atoms with Crippen LogP contribution in [0.4, 0.5) is 0 Å².